The second-order valence-corrected chi connectivity index (χ2v) is 5.80. The van der Waals surface area contributed by atoms with E-state index in [1.54, 1.807) is 41.1 Å². The Morgan fingerprint density at radius 2 is 2.11 bits per heavy atom. The lowest BCUT2D eigenvalue weighted by Gasteiger charge is -2.13. The van der Waals surface area contributed by atoms with E-state index in [1.807, 2.05) is 19.1 Å². The molecule has 3 rings (SSSR count). The number of hydrogen-bond acceptors (Lipinski definition) is 5. The summed E-state index contributed by atoms with van der Waals surface area (Å²) < 4.78 is 7.13. The standard InChI is InChI=1S/C20H18N4O3/c1-2-27-19-8-7-14(12-21)11-16(19)23-20(26)9-10-24-17-6-4-3-5-15(17)18(25)13-22-24/h3-8,11,13H,2,9-10H2,1H3,(H,23,26). The van der Waals surface area contributed by atoms with E-state index in [4.69, 9.17) is 10.00 Å². The van der Waals surface area contributed by atoms with Crippen LogP contribution in [0.5, 0.6) is 5.75 Å². The molecule has 27 heavy (non-hydrogen) atoms. The van der Waals surface area contributed by atoms with Crippen LogP contribution in [-0.4, -0.2) is 22.3 Å². The number of amides is 1. The SMILES string of the molecule is CCOc1ccc(C#N)cc1NC(=O)CCn1ncc(=O)c2ccccc21. The molecule has 0 aliphatic carbocycles. The fraction of sp³-hybridized carbons (Fsp3) is 0.200. The third-order valence-electron chi connectivity index (χ3n) is 4.00. The topological polar surface area (TPSA) is 97.0 Å². The first-order chi connectivity index (χ1) is 13.1. The zero-order chi connectivity index (χ0) is 19.2. The zero-order valence-electron chi connectivity index (χ0n) is 14.8. The van der Waals surface area contributed by atoms with Gasteiger partial charge >= 0.3 is 0 Å². The zero-order valence-corrected chi connectivity index (χ0v) is 14.8. The van der Waals surface area contributed by atoms with Crippen LogP contribution < -0.4 is 15.5 Å². The molecule has 7 heteroatoms. The molecule has 0 aliphatic heterocycles. The maximum atomic E-state index is 12.4. The fourth-order valence-electron chi connectivity index (χ4n) is 2.74. The van der Waals surface area contributed by atoms with Gasteiger partial charge in [-0.3, -0.25) is 14.3 Å². The molecule has 0 aliphatic rings. The number of nitrogens with one attached hydrogen (secondary N) is 1. The third kappa shape index (κ3) is 4.12. The average Bonchev–Trinajstić information content (AvgIpc) is 2.69. The van der Waals surface area contributed by atoms with Crippen molar-refractivity contribution >= 4 is 22.5 Å². The summed E-state index contributed by atoms with van der Waals surface area (Å²) in [5.74, 6) is 0.271. The minimum Gasteiger partial charge on any atom is -0.492 e. The Hall–Kier alpha value is -3.66. The normalized spacial score (nSPS) is 10.4. The van der Waals surface area contributed by atoms with Gasteiger partial charge in [-0.05, 0) is 37.3 Å². The molecule has 7 nitrogen and oxygen atoms in total. The van der Waals surface area contributed by atoms with E-state index in [-0.39, 0.29) is 17.8 Å². The van der Waals surface area contributed by atoms with E-state index in [2.05, 4.69) is 10.4 Å². The lowest BCUT2D eigenvalue weighted by molar-refractivity contribution is -0.116. The number of aromatic nitrogens is 2. The minimum absolute atomic E-state index is 0.152. The number of anilines is 1. The van der Waals surface area contributed by atoms with Gasteiger partial charge in [-0.2, -0.15) is 10.4 Å². The molecule has 0 fully saturated rings. The quantitative estimate of drug-likeness (QED) is 0.727. The number of carbonyl (C=O) groups is 1. The summed E-state index contributed by atoms with van der Waals surface area (Å²) in [6.45, 7) is 2.60. The van der Waals surface area contributed by atoms with Gasteiger partial charge in [-0.15, -0.1) is 0 Å². The van der Waals surface area contributed by atoms with Crippen molar-refractivity contribution in [2.45, 2.75) is 19.9 Å². The van der Waals surface area contributed by atoms with E-state index in [1.165, 1.54) is 6.20 Å². The van der Waals surface area contributed by atoms with Crippen molar-refractivity contribution in [3.05, 3.63) is 64.4 Å². The number of hydrogen-bond donors (Lipinski definition) is 1. The van der Waals surface area contributed by atoms with Gasteiger partial charge in [0.05, 0.1) is 42.2 Å². The summed E-state index contributed by atoms with van der Waals surface area (Å²) >= 11 is 0. The Balaban J connectivity index is 1.75. The molecular weight excluding hydrogens is 344 g/mol. The smallest absolute Gasteiger partial charge is 0.226 e. The highest BCUT2D eigenvalue weighted by Gasteiger charge is 2.11. The van der Waals surface area contributed by atoms with Gasteiger partial charge in [-0.25, -0.2) is 0 Å². The molecule has 136 valence electrons. The highest BCUT2D eigenvalue weighted by Crippen LogP contribution is 2.26. The Kier molecular flexibility index (Phi) is 5.47. The number of carbonyl (C=O) groups excluding carboxylic acids is 1. The summed E-state index contributed by atoms with van der Waals surface area (Å²) in [5, 5.41) is 16.5. The molecule has 0 atom stereocenters. The summed E-state index contributed by atoms with van der Waals surface area (Å²) in [7, 11) is 0. The first-order valence-electron chi connectivity index (χ1n) is 8.54. The number of benzene rings is 2. The van der Waals surface area contributed by atoms with Crippen molar-refractivity contribution in [1.29, 1.82) is 5.26 Å². The monoisotopic (exact) mass is 362 g/mol. The molecule has 0 saturated heterocycles. The van der Waals surface area contributed by atoms with E-state index < -0.39 is 0 Å². The van der Waals surface area contributed by atoms with Gasteiger partial charge in [0.15, 0.2) is 0 Å². The Morgan fingerprint density at radius 1 is 1.30 bits per heavy atom. The van der Waals surface area contributed by atoms with Gasteiger partial charge in [0.2, 0.25) is 11.3 Å². The highest BCUT2D eigenvalue weighted by molar-refractivity contribution is 5.92. The van der Waals surface area contributed by atoms with Crippen LogP contribution in [0.2, 0.25) is 0 Å². The molecule has 1 N–H and O–H groups in total. The number of fused-ring (bicyclic) bond motifs is 1. The predicted octanol–water partition coefficient (Wildman–Crippen LogP) is 2.70. The van der Waals surface area contributed by atoms with Crippen LogP contribution in [0.3, 0.4) is 0 Å². The summed E-state index contributed by atoms with van der Waals surface area (Å²) in [5.41, 5.74) is 1.42. The second-order valence-electron chi connectivity index (χ2n) is 5.80. The maximum absolute atomic E-state index is 12.4. The van der Waals surface area contributed by atoms with Crippen molar-refractivity contribution in [1.82, 2.24) is 9.78 Å². The molecule has 2 aromatic carbocycles. The van der Waals surface area contributed by atoms with Crippen molar-refractivity contribution in [3.8, 4) is 11.8 Å². The summed E-state index contributed by atoms with van der Waals surface area (Å²) in [6.07, 6.45) is 1.41. The first kappa shape index (κ1) is 18.1. The van der Waals surface area contributed by atoms with Crippen molar-refractivity contribution in [3.63, 3.8) is 0 Å². The molecular formula is C20H18N4O3. The molecule has 0 saturated carbocycles. The molecule has 3 aromatic rings. The predicted molar refractivity (Wildman–Crippen MR) is 102 cm³/mol. The van der Waals surface area contributed by atoms with Crippen LogP contribution in [-0.2, 0) is 11.3 Å². The van der Waals surface area contributed by atoms with E-state index in [9.17, 15) is 9.59 Å². The average molecular weight is 362 g/mol. The van der Waals surface area contributed by atoms with E-state index in [0.717, 1.165) is 0 Å². The van der Waals surface area contributed by atoms with Crippen LogP contribution in [0.4, 0.5) is 5.69 Å². The van der Waals surface area contributed by atoms with Gasteiger partial charge in [0, 0.05) is 11.8 Å². The number of nitrogens with zero attached hydrogens (tertiary/aromatic N) is 3. The van der Waals surface area contributed by atoms with Gasteiger partial charge in [0.1, 0.15) is 5.75 Å². The van der Waals surface area contributed by atoms with Crippen LogP contribution in [0.25, 0.3) is 10.9 Å². The first-order valence-corrected chi connectivity index (χ1v) is 8.54. The highest BCUT2D eigenvalue weighted by atomic mass is 16.5. The number of para-hydroxylation sites is 1. The van der Waals surface area contributed by atoms with E-state index in [0.29, 0.717) is 41.1 Å². The molecule has 0 radical (unpaired) electrons. The molecule has 1 amide bonds. The summed E-state index contributed by atoms with van der Waals surface area (Å²) in [6, 6.07) is 14.1. The van der Waals surface area contributed by atoms with Crippen molar-refractivity contribution in [2.24, 2.45) is 0 Å². The van der Waals surface area contributed by atoms with Crippen LogP contribution >= 0.6 is 0 Å². The van der Waals surface area contributed by atoms with Crippen LogP contribution in [0.15, 0.2) is 53.5 Å². The molecule has 0 spiro atoms. The lowest BCUT2D eigenvalue weighted by atomic mass is 10.2. The lowest BCUT2D eigenvalue weighted by Crippen LogP contribution is -2.18. The number of rotatable bonds is 6. The summed E-state index contributed by atoms with van der Waals surface area (Å²) in [4.78, 5) is 24.3. The van der Waals surface area contributed by atoms with Crippen molar-refractivity contribution < 1.29 is 9.53 Å². The van der Waals surface area contributed by atoms with Gasteiger partial charge < -0.3 is 10.1 Å². The number of nitriles is 1. The molecule has 1 heterocycles. The molecule has 1 aromatic heterocycles. The third-order valence-corrected chi connectivity index (χ3v) is 4.00. The fourth-order valence-corrected chi connectivity index (χ4v) is 2.74. The van der Waals surface area contributed by atoms with Gasteiger partial charge in [-0.1, -0.05) is 12.1 Å². The minimum atomic E-state index is -0.240. The number of ether oxygens (including phenoxy) is 1. The van der Waals surface area contributed by atoms with Crippen LogP contribution in [0.1, 0.15) is 18.9 Å². The maximum Gasteiger partial charge on any atom is 0.226 e. The van der Waals surface area contributed by atoms with E-state index >= 15 is 0 Å². The Labute approximate surface area is 155 Å². The second kappa shape index (κ2) is 8.15. The molecule has 0 unspecified atom stereocenters. The van der Waals surface area contributed by atoms with Crippen molar-refractivity contribution in [2.75, 3.05) is 11.9 Å². The Morgan fingerprint density at radius 3 is 2.89 bits per heavy atom. The largest absolute Gasteiger partial charge is 0.492 e. The van der Waals surface area contributed by atoms with Gasteiger partial charge in [0.25, 0.3) is 0 Å². The Bertz CT molecular complexity index is 1080. The van der Waals surface area contributed by atoms with Crippen LogP contribution in [0, 0.1) is 11.3 Å². The number of aryl methyl sites for hydroxylation is 1. The molecule has 0 bridgehead atoms.